The van der Waals surface area contributed by atoms with Gasteiger partial charge < -0.3 is 82.6 Å². The third-order valence-electron chi connectivity index (χ3n) is 14.7. The van der Waals surface area contributed by atoms with Crippen LogP contribution in [0.25, 0.3) is 0 Å². The zero-order valence-electron chi connectivity index (χ0n) is 46.4. The van der Waals surface area contributed by atoms with Crippen LogP contribution in [-0.2, 0) is 47.5 Å². The van der Waals surface area contributed by atoms with Crippen LogP contribution < -0.4 is 30.3 Å². The Morgan fingerprint density at radius 2 is 1.56 bits per heavy atom. The van der Waals surface area contributed by atoms with Gasteiger partial charge in [-0.1, -0.05) is 55.4 Å². The number of alkyl carbamates (subject to hydrolysis) is 1. The van der Waals surface area contributed by atoms with E-state index in [9.17, 15) is 30.0 Å². The number of hydrogen-bond donors (Lipinski definition) is 7. The van der Waals surface area contributed by atoms with Gasteiger partial charge in [0.05, 0.1) is 84.9 Å². The molecule has 6 aliphatic rings. The number of ether oxygens (including phenoxy) is 12. The van der Waals surface area contributed by atoms with Crippen molar-refractivity contribution in [2.24, 2.45) is 5.92 Å². The number of aliphatic hydroxyl groups is 4. The number of benzene rings is 1. The summed E-state index contributed by atoms with van der Waals surface area (Å²) in [4.78, 5) is 33.3. The Morgan fingerprint density at radius 3 is 2.22 bits per heavy atom. The normalized spacial score (nSPS) is 36.5. The van der Waals surface area contributed by atoms with Crippen molar-refractivity contribution in [3.63, 3.8) is 0 Å². The first-order valence-corrected chi connectivity index (χ1v) is 28.5. The maximum Gasteiger partial charge on any atom is 0.411 e. The number of carbonyl (C=O) groups excluding carboxylic acids is 2. The molecule has 7 rings (SSSR count). The number of fused-ring (bicyclic) bond motifs is 2. The molecule has 7 N–H and O–H groups in total. The minimum atomic E-state index is -1.39. The van der Waals surface area contributed by atoms with Gasteiger partial charge in [-0.15, -0.1) is 0 Å². The van der Waals surface area contributed by atoms with Crippen LogP contribution in [0.15, 0.2) is 35.1 Å². The summed E-state index contributed by atoms with van der Waals surface area (Å²) in [6, 6.07) is -1.09. The number of rotatable bonds is 19. The molecule has 24 heteroatoms. The van der Waals surface area contributed by atoms with Crippen molar-refractivity contribution in [1.29, 1.82) is 0 Å². The van der Waals surface area contributed by atoms with E-state index in [1.807, 2.05) is 42.5 Å². The van der Waals surface area contributed by atoms with Gasteiger partial charge in [0.1, 0.15) is 36.6 Å². The quantitative estimate of drug-likeness (QED) is 0.0592. The Hall–Kier alpha value is -3.62. The molecular weight excluding hydrogens is 1170 g/mol. The van der Waals surface area contributed by atoms with Gasteiger partial charge >= 0.3 is 6.09 Å². The van der Waals surface area contributed by atoms with E-state index in [0.717, 1.165) is 17.3 Å². The first-order chi connectivity index (χ1) is 37.9. The van der Waals surface area contributed by atoms with E-state index in [1.165, 1.54) is 28.4 Å². The van der Waals surface area contributed by atoms with Crippen LogP contribution in [0, 0.1) is 40.1 Å². The molecule has 4 fully saturated rings. The third-order valence-corrected chi connectivity index (χ3v) is 17.4. The molecule has 79 heavy (non-hydrogen) atoms. The lowest BCUT2D eigenvalue weighted by molar-refractivity contribution is -0.336. The van der Waals surface area contributed by atoms with E-state index in [1.54, 1.807) is 47.0 Å². The van der Waals surface area contributed by atoms with Crippen LogP contribution in [0.2, 0.25) is 0 Å². The highest BCUT2D eigenvalue weighted by atomic mass is 127. The number of halogens is 1. The van der Waals surface area contributed by atoms with Crippen LogP contribution in [0.1, 0.15) is 82.6 Å². The number of likely N-dealkylation sites (N-methyl/N-ethyl adjacent to an activating group) is 1. The predicted octanol–water partition coefficient (Wildman–Crippen LogP) is 3.65. The predicted molar refractivity (Wildman–Crippen MR) is 295 cm³/mol. The number of methoxy groups -OCH3 is 5. The maximum absolute atomic E-state index is 14.4. The highest BCUT2D eigenvalue weighted by molar-refractivity contribution is 14.1. The summed E-state index contributed by atoms with van der Waals surface area (Å²) < 4.78 is 72.9. The van der Waals surface area contributed by atoms with Crippen molar-refractivity contribution in [1.82, 2.24) is 16.1 Å². The molecule has 0 radical (unpaired) electrons. The Balaban J connectivity index is 1.09. The van der Waals surface area contributed by atoms with Crippen molar-refractivity contribution in [2.45, 2.75) is 183 Å². The zero-order chi connectivity index (χ0) is 57.2. The van der Waals surface area contributed by atoms with Gasteiger partial charge in [0.25, 0.3) is 0 Å². The Labute approximate surface area is 479 Å². The largest absolute Gasteiger partial charge is 0.492 e. The number of hydroxylamine groups is 1. The topological polar surface area (TPSA) is 271 Å². The number of aliphatic hydroxyl groups excluding tert-OH is 4. The SMILES string of the molecule is CC/C=C1\C2=C(NC(=O)OC)CCC1C#C/C=C\C#C[C@@H]2O[C@@H]1O[C@@H](C)[C@@H](NO[C@H]2C[C@H](O)[C@H](SC(=O)c3c(C)c(I)c(O[C@@H]4O[C@@H](C)[C@H](O)[C@@H](OC)[C@H]4O)c(OC)c3OC)[C@@H](C)O2)[C@H](O)[C@H]1O[C@H]1C[C@H](OC)[C@@H](NCC)CO1. The average Bonchev–Trinajstić information content (AvgIpc) is 3.51. The summed E-state index contributed by atoms with van der Waals surface area (Å²) in [7, 11) is 7.03. The highest BCUT2D eigenvalue weighted by Crippen LogP contribution is 2.49. The maximum atomic E-state index is 14.4. The number of carbonyl (C=O) groups is 2. The number of amides is 1. The second-order valence-corrected chi connectivity index (χ2v) is 22.0. The monoisotopic (exact) mass is 1240 g/mol. The molecule has 19 atom stereocenters. The van der Waals surface area contributed by atoms with Crippen molar-refractivity contribution in [2.75, 3.05) is 48.7 Å². The smallest absolute Gasteiger partial charge is 0.411 e. The van der Waals surface area contributed by atoms with Gasteiger partial charge in [-0.3, -0.25) is 14.9 Å². The molecular formula is C55H76IN3O19S. The van der Waals surface area contributed by atoms with Crippen LogP contribution in [-0.4, -0.2) is 190 Å². The van der Waals surface area contributed by atoms with Gasteiger partial charge in [0.15, 0.2) is 30.4 Å². The second-order valence-electron chi connectivity index (χ2n) is 19.8. The molecule has 0 aromatic heterocycles. The summed E-state index contributed by atoms with van der Waals surface area (Å²) >= 11 is 2.87. The number of allylic oxidation sites excluding steroid dienone is 4. The molecule has 2 aliphatic carbocycles. The van der Waals surface area contributed by atoms with Gasteiger partial charge in [-0.05, 0) is 99.4 Å². The van der Waals surface area contributed by atoms with Gasteiger partial charge in [0.2, 0.25) is 17.2 Å². The molecule has 0 saturated carbocycles. The molecule has 2 bridgehead atoms. The fourth-order valence-corrected chi connectivity index (χ4v) is 12.4. The molecule has 22 nitrogen and oxygen atoms in total. The first-order valence-electron chi connectivity index (χ1n) is 26.5. The Kier molecular flexibility index (Phi) is 23.2. The number of thioether (sulfide) groups is 1. The van der Waals surface area contributed by atoms with Crippen LogP contribution in [0.4, 0.5) is 4.79 Å². The van der Waals surface area contributed by atoms with Crippen LogP contribution >= 0.6 is 34.4 Å². The van der Waals surface area contributed by atoms with Gasteiger partial charge in [-0.25, -0.2) is 4.79 Å². The zero-order valence-corrected chi connectivity index (χ0v) is 49.3. The molecule has 4 saturated heterocycles. The molecule has 1 aromatic carbocycles. The highest BCUT2D eigenvalue weighted by Gasteiger charge is 2.50. The number of hydrogen-bond acceptors (Lipinski definition) is 22. The van der Waals surface area contributed by atoms with E-state index in [4.69, 9.17) is 61.7 Å². The van der Waals surface area contributed by atoms with E-state index in [2.05, 4.69) is 39.8 Å². The fourth-order valence-electron chi connectivity index (χ4n) is 10.6. The average molecular weight is 1240 g/mol. The summed E-state index contributed by atoms with van der Waals surface area (Å²) in [5, 5.41) is 50.8. The minimum Gasteiger partial charge on any atom is -0.492 e. The van der Waals surface area contributed by atoms with Crippen molar-refractivity contribution in [3.8, 4) is 40.9 Å². The lowest BCUT2D eigenvalue weighted by atomic mass is 9.79. The van der Waals surface area contributed by atoms with Gasteiger partial charge in [0, 0.05) is 44.2 Å². The third kappa shape index (κ3) is 14.4. The molecule has 1 aromatic rings. The molecule has 4 heterocycles. The standard InChI is InChI=1S/C55H76IN3O19S/c1-12-18-31-30-19-16-14-15-17-20-35(40(31)32(22-21-30)58-55(65)70-11)75-54-49(76-37-24-36(66-7)33(25-71-37)57-13-2)44(62)42(27(4)73-54)59-78-38-23-34(60)51(29(6)72-38)79-52(64)39-26(3)41(56)47(50(69-10)46(39)67-8)77-53-45(63)48(68-9)43(61)28(5)74-53/h14-15,18,27-30,33-38,42-45,48-49,51,53-54,57,59-63H,12-13,21-25H2,1-11H3,(H,58,65)/b15-14-,31-18-/t27-,28-,29+,30?,33-,34-,35-,36-,37-,38-,42+,43-,44-,45+,48+,49+,51+,53-,54-/m0/s1. The first kappa shape index (κ1) is 63.0. The van der Waals surface area contributed by atoms with Crippen molar-refractivity contribution in [3.05, 3.63) is 49.8 Å². The van der Waals surface area contributed by atoms with E-state index in [0.29, 0.717) is 52.6 Å². The Bertz CT molecular complexity index is 2500. The Morgan fingerprint density at radius 1 is 0.835 bits per heavy atom. The van der Waals surface area contributed by atoms with E-state index in [-0.39, 0.29) is 53.9 Å². The lowest BCUT2D eigenvalue weighted by Gasteiger charge is -2.46. The summed E-state index contributed by atoms with van der Waals surface area (Å²) in [6.45, 7) is 11.7. The molecule has 0 spiro atoms. The van der Waals surface area contributed by atoms with E-state index < -0.39 is 109 Å². The lowest BCUT2D eigenvalue weighted by Crippen LogP contribution is -2.65. The van der Waals surface area contributed by atoms with Crippen LogP contribution in [0.3, 0.4) is 0 Å². The minimum absolute atomic E-state index is 0.0519. The molecule has 4 aliphatic heterocycles. The van der Waals surface area contributed by atoms with Gasteiger partial charge in [-0.2, -0.15) is 5.48 Å². The van der Waals surface area contributed by atoms with Crippen LogP contribution in [0.5, 0.6) is 17.2 Å². The molecule has 1 unspecified atom stereocenters. The van der Waals surface area contributed by atoms with E-state index >= 15 is 0 Å². The molecule has 1 amide bonds. The van der Waals surface area contributed by atoms with Crippen molar-refractivity contribution >= 4 is 45.6 Å². The summed E-state index contributed by atoms with van der Waals surface area (Å²) in [6.07, 6.45) is -8.73. The summed E-state index contributed by atoms with van der Waals surface area (Å²) in [5.41, 5.74) is 5.58. The molecule has 438 valence electrons. The fraction of sp³-hybridized carbons (Fsp3) is 0.673. The summed E-state index contributed by atoms with van der Waals surface area (Å²) in [5.74, 6) is 12.7. The second kappa shape index (κ2) is 29.1. The number of nitrogens with one attached hydrogen (secondary N) is 3. The van der Waals surface area contributed by atoms with Crippen molar-refractivity contribution < 1.29 is 91.7 Å².